The second-order valence-electron chi connectivity index (χ2n) is 4.45. The molecule has 0 aromatic heterocycles. The molecule has 0 radical (unpaired) electrons. The molecule has 114 valence electrons. The molecule has 0 bridgehead atoms. The van der Waals surface area contributed by atoms with E-state index in [0.717, 1.165) is 58.3 Å². The Kier molecular flexibility index (Phi) is 12.9. The van der Waals surface area contributed by atoms with Crippen molar-refractivity contribution in [1.29, 1.82) is 0 Å². The Hall–Kier alpha value is -0.0800. The van der Waals surface area contributed by atoms with Gasteiger partial charge in [-0.05, 0) is 33.2 Å². The third-order valence-electron chi connectivity index (χ3n) is 2.94. The van der Waals surface area contributed by atoms with Crippen molar-refractivity contribution in [1.82, 2.24) is 15.5 Å². The molecule has 1 aliphatic heterocycles. The zero-order valence-corrected chi connectivity index (χ0v) is 14.6. The van der Waals surface area contributed by atoms with Gasteiger partial charge in [-0.2, -0.15) is 0 Å². The fraction of sp³-hybridized carbons (Fsp3) is 0.923. The predicted octanol–water partition coefficient (Wildman–Crippen LogP) is 1.29. The number of unbranched alkanes of at least 4 members (excludes halogenated alkanes) is 1. The van der Waals surface area contributed by atoms with E-state index in [1.54, 1.807) is 0 Å². The largest absolute Gasteiger partial charge is 0.379 e. The first-order valence-corrected chi connectivity index (χ1v) is 7.19. The monoisotopic (exact) mass is 384 g/mol. The number of guanidine groups is 1. The molecule has 0 saturated carbocycles. The van der Waals surface area contributed by atoms with E-state index in [1.807, 2.05) is 0 Å². The van der Waals surface area contributed by atoms with Gasteiger partial charge in [-0.15, -0.1) is 24.0 Å². The molecule has 1 saturated heterocycles. The van der Waals surface area contributed by atoms with Gasteiger partial charge in [-0.25, -0.2) is 0 Å². The van der Waals surface area contributed by atoms with Crippen molar-refractivity contribution >= 4 is 29.9 Å². The predicted molar refractivity (Wildman–Crippen MR) is 91.6 cm³/mol. The zero-order valence-electron chi connectivity index (χ0n) is 12.3. The summed E-state index contributed by atoms with van der Waals surface area (Å²) in [6, 6.07) is 0. The first-order valence-electron chi connectivity index (χ1n) is 7.19. The molecule has 1 rings (SSSR count). The van der Waals surface area contributed by atoms with Gasteiger partial charge in [0.2, 0.25) is 0 Å². The van der Waals surface area contributed by atoms with Crippen molar-refractivity contribution in [2.45, 2.75) is 26.7 Å². The number of nitrogens with zero attached hydrogens (tertiary/aromatic N) is 2. The van der Waals surface area contributed by atoms with Crippen molar-refractivity contribution in [2.24, 2.45) is 4.99 Å². The Bertz CT molecular complexity index is 225. The van der Waals surface area contributed by atoms with Gasteiger partial charge in [0, 0.05) is 32.7 Å². The number of nitrogens with one attached hydrogen (secondary N) is 2. The highest BCUT2D eigenvalue weighted by Crippen LogP contribution is 2.00. The van der Waals surface area contributed by atoms with E-state index in [4.69, 9.17) is 4.74 Å². The van der Waals surface area contributed by atoms with Crippen molar-refractivity contribution < 1.29 is 4.74 Å². The average molecular weight is 384 g/mol. The van der Waals surface area contributed by atoms with Crippen LogP contribution in [0.4, 0.5) is 0 Å². The molecule has 0 spiro atoms. The minimum atomic E-state index is 0. The highest BCUT2D eigenvalue weighted by molar-refractivity contribution is 14.0. The lowest BCUT2D eigenvalue weighted by atomic mass is 10.3. The Morgan fingerprint density at radius 1 is 1.11 bits per heavy atom. The normalized spacial score (nSPS) is 15.5. The molecule has 5 nitrogen and oxygen atoms in total. The van der Waals surface area contributed by atoms with Crippen LogP contribution in [0.2, 0.25) is 0 Å². The number of hydrogen-bond donors (Lipinski definition) is 2. The minimum Gasteiger partial charge on any atom is -0.379 e. The Morgan fingerprint density at radius 2 is 1.74 bits per heavy atom. The molecule has 0 aromatic carbocycles. The van der Waals surface area contributed by atoms with E-state index in [1.165, 1.54) is 13.0 Å². The second kappa shape index (κ2) is 12.9. The molecule has 19 heavy (non-hydrogen) atoms. The van der Waals surface area contributed by atoms with Crippen LogP contribution in [0.25, 0.3) is 0 Å². The minimum absolute atomic E-state index is 0. The van der Waals surface area contributed by atoms with Gasteiger partial charge in [-0.1, -0.05) is 0 Å². The lowest BCUT2D eigenvalue weighted by Gasteiger charge is -2.26. The van der Waals surface area contributed by atoms with E-state index >= 15 is 0 Å². The van der Waals surface area contributed by atoms with E-state index in [0.29, 0.717) is 0 Å². The highest BCUT2D eigenvalue weighted by atomic mass is 127. The Labute approximate surface area is 134 Å². The molecule has 0 unspecified atom stereocenters. The fourth-order valence-corrected chi connectivity index (χ4v) is 1.97. The number of rotatable bonds is 7. The van der Waals surface area contributed by atoms with E-state index in [-0.39, 0.29) is 24.0 Å². The van der Waals surface area contributed by atoms with Crippen LogP contribution in [-0.4, -0.2) is 63.3 Å². The summed E-state index contributed by atoms with van der Waals surface area (Å²) in [6.07, 6.45) is 2.37. The molecule has 0 aromatic rings. The number of halogens is 1. The molecule has 0 aliphatic carbocycles. The standard InChI is InChI=1S/C13H28N4O.HI/c1-3-14-13(15-4-2)16-7-5-6-8-17-9-11-18-12-10-17;/h3-12H2,1-2H3,(H2,14,15,16);1H. The summed E-state index contributed by atoms with van der Waals surface area (Å²) < 4.78 is 5.33. The summed E-state index contributed by atoms with van der Waals surface area (Å²) in [6.45, 7) is 12.0. The quantitative estimate of drug-likeness (QED) is 0.301. The topological polar surface area (TPSA) is 48.9 Å². The number of aliphatic imine (C=N–C) groups is 1. The summed E-state index contributed by atoms with van der Waals surface area (Å²) >= 11 is 0. The summed E-state index contributed by atoms with van der Waals surface area (Å²) in [5, 5.41) is 6.47. The average Bonchev–Trinajstić information content (AvgIpc) is 2.40. The summed E-state index contributed by atoms with van der Waals surface area (Å²) in [5.41, 5.74) is 0. The summed E-state index contributed by atoms with van der Waals surface area (Å²) in [4.78, 5) is 7.01. The molecule has 1 aliphatic rings. The summed E-state index contributed by atoms with van der Waals surface area (Å²) in [7, 11) is 0. The van der Waals surface area contributed by atoms with Gasteiger partial charge in [0.05, 0.1) is 13.2 Å². The molecular formula is C13H29IN4O. The van der Waals surface area contributed by atoms with Gasteiger partial charge in [0.15, 0.2) is 5.96 Å². The van der Waals surface area contributed by atoms with E-state index < -0.39 is 0 Å². The lowest BCUT2D eigenvalue weighted by Crippen LogP contribution is -2.37. The van der Waals surface area contributed by atoms with Crippen LogP contribution < -0.4 is 10.6 Å². The maximum atomic E-state index is 5.33. The van der Waals surface area contributed by atoms with Crippen molar-refractivity contribution in [3.8, 4) is 0 Å². The first kappa shape index (κ1) is 18.9. The van der Waals surface area contributed by atoms with Crippen LogP contribution in [0.3, 0.4) is 0 Å². The fourth-order valence-electron chi connectivity index (χ4n) is 1.97. The van der Waals surface area contributed by atoms with Gasteiger partial charge < -0.3 is 15.4 Å². The van der Waals surface area contributed by atoms with Crippen molar-refractivity contribution in [3.63, 3.8) is 0 Å². The van der Waals surface area contributed by atoms with Crippen LogP contribution in [0.15, 0.2) is 4.99 Å². The summed E-state index contributed by atoms with van der Waals surface area (Å²) in [5.74, 6) is 0.936. The smallest absolute Gasteiger partial charge is 0.191 e. The van der Waals surface area contributed by atoms with Gasteiger partial charge in [0.25, 0.3) is 0 Å². The second-order valence-corrected chi connectivity index (χ2v) is 4.45. The number of ether oxygens (including phenoxy) is 1. The van der Waals surface area contributed by atoms with Crippen LogP contribution >= 0.6 is 24.0 Å². The first-order chi connectivity index (χ1) is 8.86. The van der Waals surface area contributed by atoms with Crippen LogP contribution in [0, 0.1) is 0 Å². The maximum Gasteiger partial charge on any atom is 0.191 e. The molecule has 0 atom stereocenters. The lowest BCUT2D eigenvalue weighted by molar-refractivity contribution is 0.0373. The number of morpholine rings is 1. The Morgan fingerprint density at radius 3 is 2.32 bits per heavy atom. The zero-order chi connectivity index (χ0) is 13.1. The Balaban J connectivity index is 0.00000324. The molecule has 1 heterocycles. The third kappa shape index (κ3) is 9.45. The molecule has 1 fully saturated rings. The van der Waals surface area contributed by atoms with E-state index in [2.05, 4.69) is 34.4 Å². The van der Waals surface area contributed by atoms with Gasteiger partial charge in [0.1, 0.15) is 0 Å². The van der Waals surface area contributed by atoms with Crippen molar-refractivity contribution in [3.05, 3.63) is 0 Å². The molecule has 0 amide bonds. The maximum absolute atomic E-state index is 5.33. The third-order valence-corrected chi connectivity index (χ3v) is 2.94. The highest BCUT2D eigenvalue weighted by Gasteiger charge is 2.08. The molecular weight excluding hydrogens is 355 g/mol. The van der Waals surface area contributed by atoms with Crippen LogP contribution in [-0.2, 0) is 4.74 Å². The molecule has 2 N–H and O–H groups in total. The van der Waals surface area contributed by atoms with Crippen LogP contribution in [0.1, 0.15) is 26.7 Å². The SMILES string of the molecule is CCNC(=NCCCCN1CCOCC1)NCC.I. The van der Waals surface area contributed by atoms with Crippen LogP contribution in [0.5, 0.6) is 0 Å². The van der Waals surface area contributed by atoms with E-state index in [9.17, 15) is 0 Å². The number of hydrogen-bond acceptors (Lipinski definition) is 3. The van der Waals surface area contributed by atoms with Gasteiger partial charge >= 0.3 is 0 Å². The van der Waals surface area contributed by atoms with Crippen molar-refractivity contribution in [2.75, 3.05) is 52.5 Å². The van der Waals surface area contributed by atoms with Gasteiger partial charge in [-0.3, -0.25) is 9.89 Å². The molecule has 6 heteroatoms.